The van der Waals surface area contributed by atoms with E-state index in [4.69, 9.17) is 21.3 Å². The van der Waals surface area contributed by atoms with E-state index in [9.17, 15) is 4.79 Å². The molecular formula is C19H25ClN4O2S. The molecule has 1 aliphatic heterocycles. The van der Waals surface area contributed by atoms with E-state index >= 15 is 0 Å². The number of carbonyl (C=O) groups excluding carboxylic acids is 1. The van der Waals surface area contributed by atoms with Crippen molar-refractivity contribution in [1.82, 2.24) is 14.9 Å². The Kier molecular flexibility index (Phi) is 6.03. The predicted octanol–water partition coefficient (Wildman–Crippen LogP) is 4.13. The first-order chi connectivity index (χ1) is 12.8. The zero-order chi connectivity index (χ0) is 19.6. The predicted molar refractivity (Wildman–Crippen MR) is 109 cm³/mol. The Balaban J connectivity index is 1.70. The highest BCUT2D eigenvalue weighted by Gasteiger charge is 2.22. The number of ether oxygens (including phenoxy) is 1. The van der Waals surface area contributed by atoms with Crippen LogP contribution in [0.4, 0.5) is 5.82 Å². The molecule has 3 heterocycles. The van der Waals surface area contributed by atoms with Gasteiger partial charge in [-0.1, -0.05) is 32.4 Å². The van der Waals surface area contributed by atoms with Gasteiger partial charge in [-0.25, -0.2) is 9.97 Å². The molecule has 0 aliphatic carbocycles. The molecule has 2 aromatic rings. The number of carbonyl (C=O) groups is 1. The van der Waals surface area contributed by atoms with E-state index in [-0.39, 0.29) is 17.4 Å². The molecule has 1 amide bonds. The second-order valence-corrected chi connectivity index (χ2v) is 8.94. The van der Waals surface area contributed by atoms with Gasteiger partial charge in [0, 0.05) is 30.1 Å². The van der Waals surface area contributed by atoms with Crippen molar-refractivity contribution in [2.24, 2.45) is 0 Å². The number of anilines is 1. The fourth-order valence-electron chi connectivity index (χ4n) is 2.71. The average Bonchev–Trinajstić information content (AvgIpc) is 3.14. The van der Waals surface area contributed by atoms with Gasteiger partial charge >= 0.3 is 0 Å². The molecule has 1 unspecified atom stereocenters. The summed E-state index contributed by atoms with van der Waals surface area (Å²) in [5.74, 6) is 0.484. The number of nitrogens with one attached hydrogen (secondary N) is 1. The van der Waals surface area contributed by atoms with Gasteiger partial charge in [-0.05, 0) is 13.0 Å². The molecule has 8 heteroatoms. The lowest BCUT2D eigenvalue weighted by Gasteiger charge is -2.26. The number of aromatic nitrogens is 2. The summed E-state index contributed by atoms with van der Waals surface area (Å²) in [4.78, 5) is 23.4. The third-order valence-electron chi connectivity index (χ3n) is 4.40. The third-order valence-corrected chi connectivity index (χ3v) is 5.72. The topological polar surface area (TPSA) is 67.4 Å². The maximum atomic E-state index is 12.5. The Labute approximate surface area is 168 Å². The summed E-state index contributed by atoms with van der Waals surface area (Å²) in [6, 6.07) is 1.64. The molecule has 0 spiro atoms. The zero-order valence-electron chi connectivity index (χ0n) is 16.1. The van der Waals surface area contributed by atoms with Crippen molar-refractivity contribution in [3.05, 3.63) is 38.9 Å². The first kappa shape index (κ1) is 20.0. The number of pyridine rings is 1. The summed E-state index contributed by atoms with van der Waals surface area (Å²) in [5.41, 5.74) is 1.58. The number of nitrogens with zero attached hydrogens (tertiary/aromatic N) is 3. The van der Waals surface area contributed by atoms with Crippen LogP contribution in [0.3, 0.4) is 0 Å². The monoisotopic (exact) mass is 408 g/mol. The lowest BCUT2D eigenvalue weighted by Crippen LogP contribution is -2.40. The van der Waals surface area contributed by atoms with E-state index < -0.39 is 0 Å². The molecule has 6 nitrogen and oxygen atoms in total. The molecule has 0 aromatic carbocycles. The third kappa shape index (κ3) is 4.78. The van der Waals surface area contributed by atoms with Crippen molar-refractivity contribution in [2.75, 3.05) is 31.6 Å². The Morgan fingerprint density at radius 2 is 2.07 bits per heavy atom. The molecule has 27 heavy (non-hydrogen) atoms. The van der Waals surface area contributed by atoms with E-state index in [0.29, 0.717) is 42.7 Å². The first-order valence-electron chi connectivity index (χ1n) is 9.00. The van der Waals surface area contributed by atoms with Gasteiger partial charge in [-0.3, -0.25) is 4.79 Å². The molecule has 1 saturated heterocycles. The van der Waals surface area contributed by atoms with E-state index in [2.05, 4.69) is 36.5 Å². The van der Waals surface area contributed by atoms with Gasteiger partial charge in [0.25, 0.3) is 5.91 Å². The van der Waals surface area contributed by atoms with Gasteiger partial charge in [0.15, 0.2) is 0 Å². The number of thiazole rings is 1. The second-order valence-electron chi connectivity index (χ2n) is 7.65. The normalized spacial score (nSPS) is 16.3. The number of halogens is 1. The van der Waals surface area contributed by atoms with Crippen molar-refractivity contribution in [3.8, 4) is 0 Å². The summed E-state index contributed by atoms with van der Waals surface area (Å²) in [7, 11) is 0. The van der Waals surface area contributed by atoms with E-state index in [1.54, 1.807) is 28.5 Å². The first-order valence-corrected chi connectivity index (χ1v) is 10.3. The van der Waals surface area contributed by atoms with Crippen molar-refractivity contribution in [2.45, 2.75) is 39.2 Å². The molecule has 146 valence electrons. The van der Waals surface area contributed by atoms with Crippen molar-refractivity contribution in [3.63, 3.8) is 0 Å². The maximum absolute atomic E-state index is 12.5. The Bertz CT molecular complexity index is 812. The molecule has 2 aromatic heterocycles. The quantitative estimate of drug-likeness (QED) is 0.823. The van der Waals surface area contributed by atoms with Crippen LogP contribution >= 0.6 is 22.9 Å². The minimum Gasteiger partial charge on any atom is -0.378 e. The Morgan fingerprint density at radius 1 is 1.37 bits per heavy atom. The number of hydrogen-bond donors (Lipinski definition) is 1. The lowest BCUT2D eigenvalue weighted by molar-refractivity contribution is 0.0302. The van der Waals surface area contributed by atoms with Gasteiger partial charge < -0.3 is 15.0 Å². The summed E-state index contributed by atoms with van der Waals surface area (Å²) in [6.07, 6.45) is 1.57. The summed E-state index contributed by atoms with van der Waals surface area (Å²) < 4.78 is 5.29. The Hall–Kier alpha value is -1.70. The maximum Gasteiger partial charge on any atom is 0.255 e. The minimum absolute atomic E-state index is 0.0197. The largest absolute Gasteiger partial charge is 0.378 e. The standard InChI is InChI=1S/C19H25ClN4O2S/c1-12(17-23-15(11-27-17)19(2,3)4)22-16-14(20)9-13(10-21-16)18(25)24-5-7-26-8-6-24/h9-12H,5-8H2,1-4H3,(H,21,22). The number of hydrogen-bond acceptors (Lipinski definition) is 6. The average molecular weight is 409 g/mol. The molecular weight excluding hydrogens is 384 g/mol. The highest BCUT2D eigenvalue weighted by Crippen LogP contribution is 2.30. The van der Waals surface area contributed by atoms with Crippen LogP contribution in [0.25, 0.3) is 0 Å². The van der Waals surface area contributed by atoms with Crippen molar-refractivity contribution in [1.29, 1.82) is 0 Å². The molecule has 0 bridgehead atoms. The zero-order valence-corrected chi connectivity index (χ0v) is 17.7. The fraction of sp³-hybridized carbons (Fsp3) is 0.526. The lowest BCUT2D eigenvalue weighted by atomic mass is 9.93. The highest BCUT2D eigenvalue weighted by molar-refractivity contribution is 7.09. The summed E-state index contributed by atoms with van der Waals surface area (Å²) in [5, 5.41) is 6.79. The second kappa shape index (κ2) is 8.12. The summed E-state index contributed by atoms with van der Waals surface area (Å²) in [6.45, 7) is 10.8. The van der Waals surface area contributed by atoms with E-state index in [0.717, 1.165) is 10.7 Å². The van der Waals surface area contributed by atoms with Gasteiger partial charge in [0.05, 0.1) is 35.5 Å². The van der Waals surface area contributed by atoms with Crippen LogP contribution in [0, 0.1) is 0 Å². The van der Waals surface area contributed by atoms with Crippen LogP contribution < -0.4 is 5.32 Å². The Morgan fingerprint density at radius 3 is 2.67 bits per heavy atom. The van der Waals surface area contributed by atoms with Crippen LogP contribution in [0.2, 0.25) is 5.02 Å². The number of morpholine rings is 1. The smallest absolute Gasteiger partial charge is 0.255 e. The molecule has 1 fully saturated rings. The van der Waals surface area contributed by atoms with Gasteiger partial charge in [0.2, 0.25) is 0 Å². The van der Waals surface area contributed by atoms with Gasteiger partial charge in [-0.2, -0.15) is 0 Å². The highest BCUT2D eigenvalue weighted by atomic mass is 35.5. The molecule has 0 radical (unpaired) electrons. The molecule has 1 N–H and O–H groups in total. The summed E-state index contributed by atoms with van der Waals surface area (Å²) >= 11 is 8.00. The molecule has 1 aliphatic rings. The van der Waals surface area contributed by atoms with Gasteiger partial charge in [0.1, 0.15) is 10.8 Å². The van der Waals surface area contributed by atoms with Crippen LogP contribution in [0.15, 0.2) is 17.6 Å². The van der Waals surface area contributed by atoms with Crippen molar-refractivity contribution < 1.29 is 9.53 Å². The van der Waals surface area contributed by atoms with Crippen LogP contribution in [-0.4, -0.2) is 47.1 Å². The number of rotatable bonds is 4. The molecule has 3 rings (SSSR count). The van der Waals surface area contributed by atoms with Crippen LogP contribution in [0.1, 0.15) is 54.8 Å². The van der Waals surface area contributed by atoms with E-state index in [1.165, 1.54) is 0 Å². The molecule has 0 saturated carbocycles. The van der Waals surface area contributed by atoms with E-state index in [1.807, 2.05) is 6.92 Å². The van der Waals surface area contributed by atoms with Crippen LogP contribution in [-0.2, 0) is 10.2 Å². The fourth-order valence-corrected chi connectivity index (χ4v) is 3.98. The van der Waals surface area contributed by atoms with Crippen LogP contribution in [0.5, 0.6) is 0 Å². The van der Waals surface area contributed by atoms with Crippen molar-refractivity contribution >= 4 is 34.7 Å². The SMILES string of the molecule is CC(Nc1ncc(C(=O)N2CCOCC2)cc1Cl)c1nc(C(C)(C)C)cs1. The molecule has 1 atom stereocenters. The minimum atomic E-state index is -0.0676. The van der Waals surface area contributed by atoms with Gasteiger partial charge in [-0.15, -0.1) is 11.3 Å². The number of amides is 1.